The summed E-state index contributed by atoms with van der Waals surface area (Å²) in [6.45, 7) is 6.94. The van der Waals surface area contributed by atoms with E-state index < -0.39 is 41.4 Å². The fraction of sp³-hybridized carbons (Fsp3) is 0.310. The van der Waals surface area contributed by atoms with Gasteiger partial charge in [-0.05, 0) is 60.2 Å². The van der Waals surface area contributed by atoms with Crippen molar-refractivity contribution in [2.75, 3.05) is 6.61 Å². The monoisotopic (exact) mass is 630 g/mol. The van der Waals surface area contributed by atoms with Crippen LogP contribution in [0.15, 0.2) is 64.2 Å². The van der Waals surface area contributed by atoms with E-state index in [1.807, 2.05) is 33.8 Å². The average Bonchev–Trinajstić information content (AvgIpc) is 3.10. The van der Waals surface area contributed by atoms with Crippen molar-refractivity contribution >= 4 is 45.5 Å². The van der Waals surface area contributed by atoms with Crippen LogP contribution < -0.4 is 5.32 Å². The summed E-state index contributed by atoms with van der Waals surface area (Å²) in [6.07, 6.45) is 0.237. The van der Waals surface area contributed by atoms with E-state index in [0.717, 1.165) is 10.5 Å². The van der Waals surface area contributed by atoms with Crippen LogP contribution >= 0.6 is 27.5 Å². The number of pyridine rings is 1. The zero-order valence-electron chi connectivity index (χ0n) is 22.4. The minimum absolute atomic E-state index is 0.000379. The summed E-state index contributed by atoms with van der Waals surface area (Å²) < 4.78 is 15.9. The standard InChI is InChI=1S/C29H29BrClFN4O4/c1-16-6-5-11-33-24(16)19-12-17(7-10-21(19)31)23(14-37)36-25(38)29(15-28(2,3)4,35-26(36)34-27(39)40)20-9-8-18(30)13-22(20)32/h5-13,23,37H,14-15H2,1-4H3,(H,34,35)(H,39,40)/t23-,29?/m1/s1. The molecule has 2 atom stereocenters. The Labute approximate surface area is 245 Å². The van der Waals surface area contributed by atoms with Gasteiger partial charge in [0.2, 0.25) is 5.96 Å². The molecule has 210 valence electrons. The van der Waals surface area contributed by atoms with Crippen molar-refractivity contribution in [2.24, 2.45) is 10.4 Å². The number of carbonyl (C=O) groups is 2. The molecule has 3 aromatic rings. The van der Waals surface area contributed by atoms with E-state index in [4.69, 9.17) is 11.6 Å². The fourth-order valence-electron chi connectivity index (χ4n) is 5.06. The number of carboxylic acid groups (broad SMARTS) is 1. The van der Waals surface area contributed by atoms with Gasteiger partial charge in [0, 0.05) is 26.8 Å². The minimum Gasteiger partial charge on any atom is -0.465 e. The summed E-state index contributed by atoms with van der Waals surface area (Å²) >= 11 is 9.77. The second kappa shape index (κ2) is 11.3. The molecule has 11 heteroatoms. The number of aliphatic hydroxyl groups excluding tert-OH is 1. The van der Waals surface area contributed by atoms with Crippen molar-refractivity contribution in [3.05, 3.63) is 86.7 Å². The van der Waals surface area contributed by atoms with E-state index in [0.29, 0.717) is 26.3 Å². The van der Waals surface area contributed by atoms with Gasteiger partial charge in [0.25, 0.3) is 5.91 Å². The Morgan fingerprint density at radius 1 is 1.23 bits per heavy atom. The molecule has 40 heavy (non-hydrogen) atoms. The first kappa shape index (κ1) is 29.6. The summed E-state index contributed by atoms with van der Waals surface area (Å²) in [5, 5.41) is 22.8. The molecule has 2 amide bonds. The molecular weight excluding hydrogens is 603 g/mol. The Kier molecular flexibility index (Phi) is 8.35. The Balaban J connectivity index is 1.91. The van der Waals surface area contributed by atoms with E-state index in [2.05, 4.69) is 31.2 Å². The van der Waals surface area contributed by atoms with Gasteiger partial charge in [-0.2, -0.15) is 0 Å². The lowest BCUT2D eigenvalue weighted by molar-refractivity contribution is -0.135. The van der Waals surface area contributed by atoms with Gasteiger partial charge in [-0.15, -0.1) is 0 Å². The number of aliphatic imine (C=N–C) groups is 1. The minimum atomic E-state index is -1.79. The number of carbonyl (C=O) groups excluding carboxylic acids is 1. The zero-order chi connectivity index (χ0) is 29.4. The third-order valence-corrected chi connectivity index (χ3v) is 7.43. The molecular formula is C29H29BrClFN4O4. The molecule has 1 aliphatic heterocycles. The van der Waals surface area contributed by atoms with Crippen LogP contribution in [0.5, 0.6) is 0 Å². The number of aliphatic hydroxyl groups is 1. The van der Waals surface area contributed by atoms with Crippen LogP contribution in [0.1, 0.15) is 49.9 Å². The van der Waals surface area contributed by atoms with Gasteiger partial charge >= 0.3 is 6.09 Å². The maximum absolute atomic E-state index is 15.5. The van der Waals surface area contributed by atoms with E-state index in [9.17, 15) is 19.8 Å². The topological polar surface area (TPSA) is 115 Å². The molecule has 0 bridgehead atoms. The predicted molar refractivity (Wildman–Crippen MR) is 155 cm³/mol. The summed E-state index contributed by atoms with van der Waals surface area (Å²) in [5.74, 6) is -1.65. The Morgan fingerprint density at radius 3 is 2.55 bits per heavy atom. The predicted octanol–water partition coefficient (Wildman–Crippen LogP) is 6.44. The highest BCUT2D eigenvalue weighted by molar-refractivity contribution is 9.10. The van der Waals surface area contributed by atoms with Gasteiger partial charge < -0.3 is 10.2 Å². The van der Waals surface area contributed by atoms with Crippen LogP contribution in [0.25, 0.3) is 11.3 Å². The van der Waals surface area contributed by atoms with Gasteiger partial charge in [0.15, 0.2) is 5.54 Å². The highest BCUT2D eigenvalue weighted by Crippen LogP contribution is 2.46. The van der Waals surface area contributed by atoms with Crippen molar-refractivity contribution in [1.29, 1.82) is 0 Å². The molecule has 0 fully saturated rings. The molecule has 0 saturated heterocycles. The number of benzene rings is 2. The van der Waals surface area contributed by atoms with Crippen LogP contribution in [0.4, 0.5) is 9.18 Å². The number of guanidine groups is 1. The van der Waals surface area contributed by atoms with Crippen LogP contribution in [-0.4, -0.2) is 44.7 Å². The van der Waals surface area contributed by atoms with Gasteiger partial charge in [-0.25, -0.2) is 14.2 Å². The number of nitrogens with one attached hydrogen (secondary N) is 1. The van der Waals surface area contributed by atoms with Gasteiger partial charge in [0.05, 0.1) is 18.3 Å². The second-order valence-electron chi connectivity index (χ2n) is 10.9. The van der Waals surface area contributed by atoms with Gasteiger partial charge in [0.1, 0.15) is 5.82 Å². The number of rotatable bonds is 6. The van der Waals surface area contributed by atoms with Crippen molar-refractivity contribution in [1.82, 2.24) is 15.2 Å². The molecule has 8 nitrogen and oxygen atoms in total. The number of aryl methyl sites for hydroxylation is 1. The second-order valence-corrected chi connectivity index (χ2v) is 12.2. The van der Waals surface area contributed by atoms with Gasteiger partial charge in [-0.1, -0.05) is 66.5 Å². The molecule has 0 radical (unpaired) electrons. The summed E-state index contributed by atoms with van der Waals surface area (Å²) in [6, 6.07) is 11.9. The molecule has 0 saturated carbocycles. The number of hydrogen-bond acceptors (Lipinski definition) is 5. The molecule has 0 spiro atoms. The summed E-state index contributed by atoms with van der Waals surface area (Å²) in [4.78, 5) is 36.4. The number of hydrogen-bond donors (Lipinski definition) is 3. The Hall–Kier alpha value is -3.34. The normalized spacial score (nSPS) is 18.1. The maximum Gasteiger partial charge on any atom is 0.411 e. The molecule has 1 aliphatic rings. The largest absolute Gasteiger partial charge is 0.465 e. The van der Waals surface area contributed by atoms with Crippen molar-refractivity contribution in [3.8, 4) is 11.3 Å². The van der Waals surface area contributed by atoms with Crippen LogP contribution in [0.2, 0.25) is 5.02 Å². The van der Waals surface area contributed by atoms with E-state index in [-0.39, 0.29) is 17.9 Å². The molecule has 0 aliphatic carbocycles. The van der Waals surface area contributed by atoms with E-state index in [1.165, 1.54) is 12.1 Å². The third-order valence-electron chi connectivity index (χ3n) is 6.60. The SMILES string of the molecule is Cc1cccnc1-c1cc([C@@H](CO)N2C(=O)C(CC(C)(C)C)(c3ccc(Br)cc3F)N=C2NC(=O)O)ccc1Cl. The lowest BCUT2D eigenvalue weighted by Gasteiger charge is -2.34. The third kappa shape index (κ3) is 5.75. The number of amides is 2. The smallest absolute Gasteiger partial charge is 0.411 e. The first-order valence-electron chi connectivity index (χ1n) is 12.5. The molecule has 3 N–H and O–H groups in total. The van der Waals surface area contributed by atoms with Crippen molar-refractivity contribution < 1.29 is 24.2 Å². The quantitative estimate of drug-likeness (QED) is 0.290. The first-order chi connectivity index (χ1) is 18.8. The Morgan fingerprint density at radius 2 is 1.95 bits per heavy atom. The number of halogens is 3. The number of nitrogens with zero attached hydrogens (tertiary/aromatic N) is 3. The number of aromatic nitrogens is 1. The van der Waals surface area contributed by atoms with E-state index >= 15 is 4.39 Å². The molecule has 1 aromatic heterocycles. The van der Waals surface area contributed by atoms with Crippen LogP contribution in [0.3, 0.4) is 0 Å². The average molecular weight is 632 g/mol. The molecule has 2 heterocycles. The van der Waals surface area contributed by atoms with Crippen molar-refractivity contribution in [3.63, 3.8) is 0 Å². The van der Waals surface area contributed by atoms with Crippen LogP contribution in [-0.2, 0) is 10.3 Å². The lowest BCUT2D eigenvalue weighted by atomic mass is 9.75. The maximum atomic E-state index is 15.5. The van der Waals surface area contributed by atoms with Crippen molar-refractivity contribution in [2.45, 2.75) is 45.7 Å². The van der Waals surface area contributed by atoms with Gasteiger partial charge in [-0.3, -0.25) is 20.0 Å². The Bertz CT molecular complexity index is 1510. The molecule has 1 unspecified atom stereocenters. The van der Waals surface area contributed by atoms with E-state index in [1.54, 1.807) is 36.5 Å². The summed E-state index contributed by atoms with van der Waals surface area (Å²) in [5.41, 5.74) is 0.206. The zero-order valence-corrected chi connectivity index (χ0v) is 24.7. The lowest BCUT2D eigenvalue weighted by Crippen LogP contribution is -2.49. The molecule has 2 aromatic carbocycles. The molecule has 4 rings (SSSR count). The fourth-order valence-corrected chi connectivity index (χ4v) is 5.60. The first-order valence-corrected chi connectivity index (χ1v) is 13.7. The highest BCUT2D eigenvalue weighted by atomic mass is 79.9. The highest BCUT2D eigenvalue weighted by Gasteiger charge is 2.55. The van der Waals surface area contributed by atoms with Crippen LogP contribution in [0, 0.1) is 18.2 Å². The summed E-state index contributed by atoms with van der Waals surface area (Å²) in [7, 11) is 0.